The molecule has 0 atom stereocenters. The maximum absolute atomic E-state index is 5.43. The van der Waals surface area contributed by atoms with Crippen molar-refractivity contribution >= 4 is 35.6 Å². The van der Waals surface area contributed by atoms with E-state index < -0.39 is 0 Å². The summed E-state index contributed by atoms with van der Waals surface area (Å²) < 4.78 is 16.3. The third-order valence-corrected chi connectivity index (χ3v) is 5.95. The van der Waals surface area contributed by atoms with Crippen LogP contribution in [-0.4, -0.2) is 47.4 Å². The minimum Gasteiger partial charge on any atom is -0.493 e. The zero-order chi connectivity index (χ0) is 22.9. The van der Waals surface area contributed by atoms with E-state index in [1.54, 1.807) is 28.4 Å². The lowest BCUT2D eigenvalue weighted by atomic mass is 9.99. The zero-order valence-electron chi connectivity index (χ0n) is 20.3. The van der Waals surface area contributed by atoms with Crippen LogP contribution in [0, 0.1) is 5.92 Å². The number of ether oxygens (including phenoxy) is 3. The van der Waals surface area contributed by atoms with Crippen molar-refractivity contribution in [2.75, 3.05) is 46.4 Å². The molecule has 3 rings (SSSR count). The lowest BCUT2D eigenvalue weighted by Gasteiger charge is -2.32. The smallest absolute Gasteiger partial charge is 0.203 e. The molecule has 0 bridgehead atoms. The number of nitrogens with zero attached hydrogens (tertiary/aromatic N) is 2. The molecule has 2 aromatic rings. The average molecular weight is 569 g/mol. The van der Waals surface area contributed by atoms with Crippen LogP contribution in [0.5, 0.6) is 17.2 Å². The highest BCUT2D eigenvalue weighted by Gasteiger charge is 2.16. The second-order valence-corrected chi connectivity index (χ2v) is 8.15. The van der Waals surface area contributed by atoms with Gasteiger partial charge in [-0.1, -0.05) is 19.1 Å². The molecule has 8 heteroatoms. The van der Waals surface area contributed by atoms with Gasteiger partial charge in [-0.25, -0.2) is 0 Å². The summed E-state index contributed by atoms with van der Waals surface area (Å²) in [5, 5.41) is 6.72. The lowest BCUT2D eigenvalue weighted by molar-refractivity contribution is 0.323. The number of halogens is 1. The first-order chi connectivity index (χ1) is 15.6. The van der Waals surface area contributed by atoms with Crippen LogP contribution in [0.1, 0.15) is 30.9 Å². The number of methoxy groups -OCH3 is 3. The quantitative estimate of drug-likeness (QED) is 0.279. The number of rotatable bonds is 8. The highest BCUT2D eigenvalue weighted by Crippen LogP contribution is 2.38. The van der Waals surface area contributed by atoms with Crippen LogP contribution in [0.15, 0.2) is 41.4 Å². The Kier molecular flexibility index (Phi) is 10.9. The number of aliphatic imine (C=N–C) groups is 1. The van der Waals surface area contributed by atoms with E-state index in [9.17, 15) is 0 Å². The molecule has 1 saturated heterocycles. The summed E-state index contributed by atoms with van der Waals surface area (Å²) >= 11 is 0. The van der Waals surface area contributed by atoms with Gasteiger partial charge in [0.1, 0.15) is 0 Å². The van der Waals surface area contributed by atoms with Gasteiger partial charge in [-0.05, 0) is 54.2 Å². The minimum absolute atomic E-state index is 0. The molecule has 2 aromatic carbocycles. The molecule has 33 heavy (non-hydrogen) atoms. The van der Waals surface area contributed by atoms with E-state index in [0.29, 0.717) is 30.3 Å². The van der Waals surface area contributed by atoms with E-state index in [1.807, 2.05) is 12.1 Å². The SMILES string of the molecule is CN=C(NCc1ccc(N2CCC(C)CC2)cc1)NCc1cc(OC)c(OC)c(OC)c1.I. The molecule has 0 unspecified atom stereocenters. The summed E-state index contributed by atoms with van der Waals surface area (Å²) in [5.41, 5.74) is 3.53. The Morgan fingerprint density at radius 1 is 0.909 bits per heavy atom. The largest absolute Gasteiger partial charge is 0.493 e. The molecule has 1 heterocycles. The minimum atomic E-state index is 0. The first-order valence-corrected chi connectivity index (χ1v) is 11.1. The molecular formula is C25H37IN4O3. The highest BCUT2D eigenvalue weighted by molar-refractivity contribution is 14.0. The Labute approximate surface area is 214 Å². The molecule has 1 fully saturated rings. The van der Waals surface area contributed by atoms with E-state index in [4.69, 9.17) is 14.2 Å². The number of nitrogens with one attached hydrogen (secondary N) is 2. The van der Waals surface area contributed by atoms with Crippen LogP contribution in [0.4, 0.5) is 5.69 Å². The van der Waals surface area contributed by atoms with Crippen LogP contribution < -0.4 is 29.7 Å². The maximum atomic E-state index is 5.43. The van der Waals surface area contributed by atoms with Gasteiger partial charge < -0.3 is 29.7 Å². The van der Waals surface area contributed by atoms with E-state index in [2.05, 4.69) is 51.7 Å². The molecule has 0 spiro atoms. The Bertz CT molecular complexity index is 872. The number of anilines is 1. The van der Waals surface area contributed by atoms with E-state index >= 15 is 0 Å². The predicted octanol–water partition coefficient (Wildman–Crippen LogP) is 4.43. The highest BCUT2D eigenvalue weighted by atomic mass is 127. The first-order valence-electron chi connectivity index (χ1n) is 11.1. The van der Waals surface area contributed by atoms with Gasteiger partial charge in [0.25, 0.3) is 0 Å². The monoisotopic (exact) mass is 568 g/mol. The van der Waals surface area contributed by atoms with Crippen LogP contribution in [0.25, 0.3) is 0 Å². The van der Waals surface area contributed by atoms with Crippen molar-refractivity contribution < 1.29 is 14.2 Å². The second kappa shape index (κ2) is 13.4. The molecule has 0 aliphatic carbocycles. The molecule has 1 aliphatic rings. The Balaban J connectivity index is 0.00000385. The summed E-state index contributed by atoms with van der Waals surface area (Å²) in [7, 11) is 6.60. The van der Waals surface area contributed by atoms with Crippen molar-refractivity contribution in [1.82, 2.24) is 10.6 Å². The topological polar surface area (TPSA) is 67.4 Å². The number of piperidine rings is 1. The van der Waals surface area contributed by atoms with E-state index in [-0.39, 0.29) is 24.0 Å². The van der Waals surface area contributed by atoms with Gasteiger partial charge in [0.2, 0.25) is 5.75 Å². The van der Waals surface area contributed by atoms with Crippen LogP contribution in [-0.2, 0) is 13.1 Å². The molecule has 1 aliphatic heterocycles. The van der Waals surface area contributed by atoms with Crippen molar-refractivity contribution in [3.8, 4) is 17.2 Å². The fourth-order valence-corrected chi connectivity index (χ4v) is 3.92. The van der Waals surface area contributed by atoms with Crippen molar-refractivity contribution in [2.45, 2.75) is 32.9 Å². The number of guanidine groups is 1. The molecule has 7 nitrogen and oxygen atoms in total. The molecule has 0 saturated carbocycles. The van der Waals surface area contributed by atoms with Gasteiger partial charge in [-0.3, -0.25) is 4.99 Å². The number of benzene rings is 2. The second-order valence-electron chi connectivity index (χ2n) is 8.15. The van der Waals surface area contributed by atoms with Crippen molar-refractivity contribution in [3.63, 3.8) is 0 Å². The Morgan fingerprint density at radius 3 is 1.94 bits per heavy atom. The van der Waals surface area contributed by atoms with Crippen LogP contribution >= 0.6 is 24.0 Å². The number of hydrogen-bond acceptors (Lipinski definition) is 5. The summed E-state index contributed by atoms with van der Waals surface area (Å²) in [5.74, 6) is 3.43. The third kappa shape index (κ3) is 7.31. The van der Waals surface area contributed by atoms with Crippen molar-refractivity contribution in [1.29, 1.82) is 0 Å². The van der Waals surface area contributed by atoms with Crippen molar-refractivity contribution in [2.24, 2.45) is 10.9 Å². The van der Waals surface area contributed by atoms with Crippen LogP contribution in [0.2, 0.25) is 0 Å². The summed E-state index contributed by atoms with van der Waals surface area (Å²) in [6.07, 6.45) is 2.55. The standard InChI is InChI=1S/C25H36N4O3.HI/c1-18-10-12-29(13-11-18)21-8-6-19(7-9-21)16-27-25(26-2)28-17-20-14-22(30-3)24(32-5)23(15-20)31-4;/h6-9,14-15,18H,10-13,16-17H2,1-5H3,(H2,26,27,28);1H. The summed E-state index contributed by atoms with van der Waals surface area (Å²) in [6.45, 7) is 5.91. The normalized spacial score (nSPS) is 14.3. The van der Waals surface area contributed by atoms with Gasteiger partial charge in [0.05, 0.1) is 21.3 Å². The summed E-state index contributed by atoms with van der Waals surface area (Å²) in [4.78, 5) is 6.82. The Hall–Kier alpha value is -2.36. The van der Waals surface area contributed by atoms with E-state index in [1.165, 1.54) is 24.1 Å². The zero-order valence-corrected chi connectivity index (χ0v) is 22.6. The van der Waals surface area contributed by atoms with Gasteiger partial charge in [-0.2, -0.15) is 0 Å². The van der Waals surface area contributed by atoms with E-state index in [0.717, 1.165) is 30.5 Å². The average Bonchev–Trinajstić information content (AvgIpc) is 2.84. The van der Waals surface area contributed by atoms with Gasteiger partial charge in [-0.15, -0.1) is 24.0 Å². The first kappa shape index (κ1) is 26.9. The molecule has 2 N–H and O–H groups in total. The molecule has 182 valence electrons. The fraction of sp³-hybridized carbons (Fsp3) is 0.480. The maximum Gasteiger partial charge on any atom is 0.203 e. The molecule has 0 amide bonds. The van der Waals surface area contributed by atoms with Crippen LogP contribution in [0.3, 0.4) is 0 Å². The lowest BCUT2D eigenvalue weighted by Crippen LogP contribution is -2.36. The Morgan fingerprint density at radius 2 is 1.45 bits per heavy atom. The van der Waals surface area contributed by atoms with Gasteiger partial charge in [0.15, 0.2) is 17.5 Å². The summed E-state index contributed by atoms with van der Waals surface area (Å²) in [6, 6.07) is 12.7. The molecule has 0 aromatic heterocycles. The van der Waals surface area contributed by atoms with Crippen molar-refractivity contribution in [3.05, 3.63) is 47.5 Å². The predicted molar refractivity (Wildman–Crippen MR) is 146 cm³/mol. The number of hydrogen-bond donors (Lipinski definition) is 2. The third-order valence-electron chi connectivity index (χ3n) is 5.95. The van der Waals surface area contributed by atoms with Gasteiger partial charge in [0, 0.05) is 38.9 Å². The molecule has 0 radical (unpaired) electrons. The van der Waals surface area contributed by atoms with Gasteiger partial charge >= 0.3 is 0 Å². The molecular weight excluding hydrogens is 531 g/mol. The fourth-order valence-electron chi connectivity index (χ4n) is 3.92.